The monoisotopic (exact) mass is 553 g/mol. The van der Waals surface area contributed by atoms with E-state index in [4.69, 9.17) is 9.47 Å². The van der Waals surface area contributed by atoms with Gasteiger partial charge in [0.05, 0.1) is 13.5 Å². The van der Waals surface area contributed by atoms with Crippen LogP contribution in [0.25, 0.3) is 0 Å². The Morgan fingerprint density at radius 3 is 2.08 bits per heavy atom. The second kappa shape index (κ2) is 20.8. The first kappa shape index (κ1) is 33.2. The quantitative estimate of drug-likeness (QED) is 0.114. The highest BCUT2D eigenvalue weighted by Gasteiger charge is 2.15. The van der Waals surface area contributed by atoms with Gasteiger partial charge < -0.3 is 19.9 Å². The van der Waals surface area contributed by atoms with Gasteiger partial charge in [0.15, 0.2) is 11.5 Å². The third kappa shape index (κ3) is 14.9. The predicted octanol–water partition coefficient (Wildman–Crippen LogP) is 8.04. The van der Waals surface area contributed by atoms with Crippen molar-refractivity contribution in [1.82, 2.24) is 5.32 Å². The van der Waals surface area contributed by atoms with Crippen LogP contribution < -0.4 is 10.1 Å². The highest BCUT2D eigenvalue weighted by molar-refractivity contribution is 5.75. The van der Waals surface area contributed by atoms with Crippen LogP contribution in [0.5, 0.6) is 11.5 Å². The van der Waals surface area contributed by atoms with Crippen molar-refractivity contribution in [1.29, 1.82) is 0 Å². The van der Waals surface area contributed by atoms with Crippen LogP contribution in [0.2, 0.25) is 0 Å². The van der Waals surface area contributed by atoms with Gasteiger partial charge in [0.25, 0.3) is 0 Å². The molecule has 6 heteroatoms. The number of esters is 1. The van der Waals surface area contributed by atoms with Crippen LogP contribution >= 0.6 is 0 Å². The van der Waals surface area contributed by atoms with E-state index in [0.29, 0.717) is 25.1 Å². The maximum atomic E-state index is 12.5. The molecule has 40 heavy (non-hydrogen) atoms. The van der Waals surface area contributed by atoms with Gasteiger partial charge in [-0.25, -0.2) is 0 Å². The van der Waals surface area contributed by atoms with Gasteiger partial charge in [-0.3, -0.25) is 9.59 Å². The lowest BCUT2D eigenvalue weighted by Gasteiger charge is -2.18. The van der Waals surface area contributed by atoms with E-state index in [2.05, 4.69) is 12.2 Å². The molecule has 1 amide bonds. The largest absolute Gasteiger partial charge is 0.504 e. The first-order valence-electron chi connectivity index (χ1n) is 15.4. The Bertz CT molecular complexity index is 962. The number of unbranched alkanes of at least 4 members (excludes halogenated alkanes) is 10. The van der Waals surface area contributed by atoms with Crippen LogP contribution in [0.15, 0.2) is 48.5 Å². The molecule has 0 saturated carbocycles. The summed E-state index contributed by atoms with van der Waals surface area (Å²) in [5.41, 5.74) is 1.91. The molecule has 0 fully saturated rings. The predicted molar refractivity (Wildman–Crippen MR) is 161 cm³/mol. The summed E-state index contributed by atoms with van der Waals surface area (Å²) in [4.78, 5) is 24.6. The van der Waals surface area contributed by atoms with Crippen LogP contribution in [0.4, 0.5) is 0 Å². The Kier molecular flexibility index (Phi) is 17.3. The highest BCUT2D eigenvalue weighted by Crippen LogP contribution is 2.26. The minimum Gasteiger partial charge on any atom is -0.504 e. The zero-order valence-electron chi connectivity index (χ0n) is 24.8. The maximum Gasteiger partial charge on any atom is 0.310 e. The summed E-state index contributed by atoms with van der Waals surface area (Å²) in [5, 5.41) is 12.6. The fourth-order valence-electron chi connectivity index (χ4n) is 4.89. The number of carbonyl (C=O) groups excluding carboxylic acids is 2. The average Bonchev–Trinajstić information content (AvgIpc) is 2.96. The fraction of sp³-hybridized carbons (Fsp3) is 0.588. The zero-order chi connectivity index (χ0) is 28.8. The number of amides is 1. The molecule has 222 valence electrons. The van der Waals surface area contributed by atoms with Gasteiger partial charge in [-0.15, -0.1) is 0 Å². The first-order valence-corrected chi connectivity index (χ1v) is 15.4. The molecule has 1 atom stereocenters. The van der Waals surface area contributed by atoms with Gasteiger partial charge >= 0.3 is 5.97 Å². The molecule has 0 aliphatic heterocycles. The average molecular weight is 554 g/mol. The van der Waals surface area contributed by atoms with Crippen molar-refractivity contribution in [3.8, 4) is 11.5 Å². The van der Waals surface area contributed by atoms with E-state index in [-0.39, 0.29) is 23.7 Å². The van der Waals surface area contributed by atoms with Gasteiger partial charge in [0.2, 0.25) is 5.91 Å². The van der Waals surface area contributed by atoms with Gasteiger partial charge in [-0.1, -0.05) is 101 Å². The molecule has 0 radical (unpaired) electrons. The minimum atomic E-state index is -0.110. The molecule has 0 heterocycles. The number of carbonyl (C=O) groups is 2. The highest BCUT2D eigenvalue weighted by atomic mass is 16.5. The number of aromatic hydroxyl groups is 1. The minimum absolute atomic E-state index is 0.0373. The normalized spacial score (nSPS) is 11.7. The van der Waals surface area contributed by atoms with Crippen LogP contribution in [-0.2, 0) is 27.3 Å². The summed E-state index contributed by atoms with van der Waals surface area (Å²) in [6.07, 6.45) is 16.6. The van der Waals surface area contributed by atoms with E-state index in [1.807, 2.05) is 30.3 Å². The van der Waals surface area contributed by atoms with Gasteiger partial charge in [0.1, 0.15) is 6.10 Å². The molecule has 0 spiro atoms. The number of hydrogen-bond donors (Lipinski definition) is 2. The summed E-state index contributed by atoms with van der Waals surface area (Å²) < 4.78 is 11.0. The third-order valence-corrected chi connectivity index (χ3v) is 7.28. The second-order valence-corrected chi connectivity index (χ2v) is 10.8. The summed E-state index contributed by atoms with van der Waals surface area (Å²) in [6.45, 7) is 2.65. The lowest BCUT2D eigenvalue weighted by Crippen LogP contribution is -2.22. The summed E-state index contributed by atoms with van der Waals surface area (Å²) in [7, 11) is 1.51. The lowest BCUT2D eigenvalue weighted by molar-refractivity contribution is -0.149. The van der Waals surface area contributed by atoms with Gasteiger partial charge in [0, 0.05) is 13.0 Å². The number of rotatable bonds is 22. The molecular formula is C34H51NO5. The van der Waals surface area contributed by atoms with E-state index < -0.39 is 0 Å². The number of phenolic OH excluding ortho intramolecular Hbond substituents is 1. The summed E-state index contributed by atoms with van der Waals surface area (Å²) >= 11 is 0. The Labute approximate surface area is 241 Å². The van der Waals surface area contributed by atoms with E-state index in [9.17, 15) is 14.7 Å². The van der Waals surface area contributed by atoms with E-state index in [1.165, 1.54) is 52.1 Å². The van der Waals surface area contributed by atoms with E-state index in [0.717, 1.165) is 56.1 Å². The zero-order valence-corrected chi connectivity index (χ0v) is 24.8. The number of hydrogen-bond acceptors (Lipinski definition) is 5. The van der Waals surface area contributed by atoms with Crippen molar-refractivity contribution < 1.29 is 24.2 Å². The summed E-state index contributed by atoms with van der Waals surface area (Å²) in [5.74, 6) is 0.456. The topological polar surface area (TPSA) is 84.9 Å². The first-order chi connectivity index (χ1) is 19.5. The van der Waals surface area contributed by atoms with Crippen LogP contribution in [-0.4, -0.2) is 30.2 Å². The molecule has 2 aromatic rings. The Morgan fingerprint density at radius 2 is 1.43 bits per heavy atom. The number of phenols is 1. The SMILES string of the molecule is CCCCCC[C@H](CCCCCCCCCCC(=O)NCc1ccc(O)c(OC)c1)OC(=O)Cc1ccccc1. The number of nitrogens with one attached hydrogen (secondary N) is 1. The van der Waals surface area contributed by atoms with E-state index >= 15 is 0 Å². The summed E-state index contributed by atoms with van der Waals surface area (Å²) in [6, 6.07) is 14.9. The van der Waals surface area contributed by atoms with Crippen molar-refractivity contribution in [3.05, 3.63) is 59.7 Å². The Hall–Kier alpha value is -3.02. The molecule has 2 aromatic carbocycles. The third-order valence-electron chi connectivity index (χ3n) is 7.28. The van der Waals surface area contributed by atoms with Gasteiger partial charge in [-0.05, 0) is 55.4 Å². The smallest absolute Gasteiger partial charge is 0.310 e. The molecule has 0 aliphatic rings. The molecule has 0 aliphatic carbocycles. The van der Waals surface area contributed by atoms with Crippen molar-refractivity contribution in [2.24, 2.45) is 0 Å². The second-order valence-electron chi connectivity index (χ2n) is 10.8. The molecule has 6 nitrogen and oxygen atoms in total. The molecule has 0 saturated heterocycles. The van der Waals surface area contributed by atoms with Crippen molar-refractivity contribution >= 4 is 11.9 Å². The molecule has 0 unspecified atom stereocenters. The number of ether oxygens (including phenoxy) is 2. The maximum absolute atomic E-state index is 12.5. The Morgan fingerprint density at radius 1 is 0.800 bits per heavy atom. The van der Waals surface area contributed by atoms with Crippen molar-refractivity contribution in [2.75, 3.05) is 7.11 Å². The van der Waals surface area contributed by atoms with Crippen molar-refractivity contribution in [3.63, 3.8) is 0 Å². The standard InChI is InChI=1S/C34H51NO5/c1-3-4-5-15-20-30(40-34(38)26-28-18-13-12-14-19-28)21-16-10-8-6-7-9-11-17-22-33(37)35-27-29-23-24-31(36)32(25-29)39-2/h12-14,18-19,23-25,30,36H,3-11,15-17,20-22,26-27H2,1-2H3,(H,35,37)/t30-/m1/s1. The molecular weight excluding hydrogens is 502 g/mol. The molecule has 0 aromatic heterocycles. The van der Waals surface area contributed by atoms with Crippen LogP contribution in [0.1, 0.15) is 114 Å². The number of benzene rings is 2. The van der Waals surface area contributed by atoms with Gasteiger partial charge in [-0.2, -0.15) is 0 Å². The number of methoxy groups -OCH3 is 1. The molecule has 2 N–H and O–H groups in total. The Balaban J connectivity index is 1.51. The molecule has 0 bridgehead atoms. The fourth-order valence-corrected chi connectivity index (χ4v) is 4.89. The van der Waals surface area contributed by atoms with Crippen molar-refractivity contribution in [2.45, 2.75) is 122 Å². The van der Waals surface area contributed by atoms with Crippen LogP contribution in [0.3, 0.4) is 0 Å². The van der Waals surface area contributed by atoms with E-state index in [1.54, 1.807) is 18.2 Å². The van der Waals surface area contributed by atoms with Crippen LogP contribution in [0, 0.1) is 0 Å². The molecule has 2 rings (SSSR count). The lowest BCUT2D eigenvalue weighted by atomic mass is 10.0.